The molecule has 0 bridgehead atoms. The van der Waals surface area contributed by atoms with Gasteiger partial charge in [0, 0.05) is 17.7 Å². The summed E-state index contributed by atoms with van der Waals surface area (Å²) in [5, 5.41) is 9.30. The van der Waals surface area contributed by atoms with Crippen molar-refractivity contribution in [1.29, 1.82) is 0 Å². The first-order valence-electron chi connectivity index (χ1n) is 8.69. The third kappa shape index (κ3) is 3.12. The Bertz CT molecular complexity index is 922. The van der Waals surface area contributed by atoms with Crippen molar-refractivity contribution in [2.75, 3.05) is 5.32 Å². The number of aromatic nitrogens is 2. The SMILES string of the molecule is CCC1C(=O)N=C(n2nc(C3CC3)cc2NC(=O)c2cccs2)N=C1C. The third-order valence-corrected chi connectivity index (χ3v) is 5.47. The minimum atomic E-state index is -0.277. The summed E-state index contributed by atoms with van der Waals surface area (Å²) in [5.74, 6) is 0.407. The smallest absolute Gasteiger partial charge is 0.266 e. The van der Waals surface area contributed by atoms with Crippen LogP contribution in [0.2, 0.25) is 0 Å². The van der Waals surface area contributed by atoms with Gasteiger partial charge in [-0.15, -0.1) is 11.3 Å². The van der Waals surface area contributed by atoms with Crippen LogP contribution in [-0.2, 0) is 4.79 Å². The van der Waals surface area contributed by atoms with E-state index in [1.54, 1.807) is 6.07 Å². The lowest BCUT2D eigenvalue weighted by molar-refractivity contribution is -0.119. The molecule has 2 aromatic rings. The lowest BCUT2D eigenvalue weighted by atomic mass is 10.00. The maximum Gasteiger partial charge on any atom is 0.266 e. The molecule has 0 radical (unpaired) electrons. The Morgan fingerprint density at radius 2 is 2.19 bits per heavy atom. The van der Waals surface area contributed by atoms with Crippen molar-refractivity contribution in [2.45, 2.75) is 39.0 Å². The standard InChI is InChI=1S/C18H19N5O2S/c1-3-12-10(2)19-18(21-16(12)24)23-15(9-13(22-23)11-6-7-11)20-17(25)14-5-4-8-26-14/h4-5,8-9,11-12H,3,6-7H2,1-2H3,(H,20,25). The summed E-state index contributed by atoms with van der Waals surface area (Å²) in [6, 6.07) is 5.44. The Hall–Kier alpha value is -2.61. The summed E-state index contributed by atoms with van der Waals surface area (Å²) in [4.78, 5) is 34.0. The zero-order chi connectivity index (χ0) is 18.3. The molecule has 4 rings (SSSR count). The van der Waals surface area contributed by atoms with Crippen LogP contribution in [0, 0.1) is 5.92 Å². The first-order valence-corrected chi connectivity index (χ1v) is 9.57. The van der Waals surface area contributed by atoms with E-state index in [-0.39, 0.29) is 23.7 Å². The number of rotatable bonds is 4. The van der Waals surface area contributed by atoms with Crippen LogP contribution in [-0.4, -0.2) is 33.3 Å². The van der Waals surface area contributed by atoms with Crippen LogP contribution in [0.25, 0.3) is 0 Å². The molecule has 3 heterocycles. The van der Waals surface area contributed by atoms with Gasteiger partial charge in [0.05, 0.1) is 16.5 Å². The fourth-order valence-corrected chi connectivity index (χ4v) is 3.60. The van der Waals surface area contributed by atoms with Crippen LogP contribution in [0.3, 0.4) is 0 Å². The molecule has 2 amide bonds. The molecule has 2 aromatic heterocycles. The molecule has 2 aliphatic rings. The molecule has 1 saturated carbocycles. The molecule has 1 unspecified atom stereocenters. The van der Waals surface area contributed by atoms with Crippen LogP contribution in [0.4, 0.5) is 5.82 Å². The average molecular weight is 369 g/mol. The summed E-state index contributed by atoms with van der Waals surface area (Å²) >= 11 is 1.37. The Morgan fingerprint density at radius 3 is 2.81 bits per heavy atom. The minimum Gasteiger partial charge on any atom is -0.306 e. The van der Waals surface area contributed by atoms with Gasteiger partial charge in [-0.25, -0.2) is 4.99 Å². The van der Waals surface area contributed by atoms with Gasteiger partial charge in [-0.05, 0) is 37.6 Å². The molecular formula is C18H19N5O2S. The van der Waals surface area contributed by atoms with Gasteiger partial charge in [-0.3, -0.25) is 9.59 Å². The van der Waals surface area contributed by atoms with Crippen LogP contribution in [0.15, 0.2) is 33.6 Å². The number of hydrogen-bond donors (Lipinski definition) is 1. The van der Waals surface area contributed by atoms with E-state index < -0.39 is 0 Å². The Morgan fingerprint density at radius 1 is 1.38 bits per heavy atom. The van der Waals surface area contributed by atoms with E-state index >= 15 is 0 Å². The number of carbonyl (C=O) groups excluding carboxylic acids is 2. The van der Waals surface area contributed by atoms with E-state index in [9.17, 15) is 9.59 Å². The van der Waals surface area contributed by atoms with E-state index in [1.165, 1.54) is 16.0 Å². The summed E-state index contributed by atoms with van der Waals surface area (Å²) in [6.45, 7) is 3.77. The molecule has 1 fully saturated rings. The van der Waals surface area contributed by atoms with Crippen LogP contribution >= 0.6 is 11.3 Å². The van der Waals surface area contributed by atoms with Crippen molar-refractivity contribution in [1.82, 2.24) is 9.78 Å². The maximum absolute atomic E-state index is 12.4. The molecule has 134 valence electrons. The van der Waals surface area contributed by atoms with Gasteiger partial charge < -0.3 is 5.32 Å². The second kappa shape index (κ2) is 6.60. The van der Waals surface area contributed by atoms with E-state index in [1.807, 2.05) is 31.4 Å². The molecule has 26 heavy (non-hydrogen) atoms. The Labute approximate surface area is 154 Å². The van der Waals surface area contributed by atoms with Crippen molar-refractivity contribution in [3.63, 3.8) is 0 Å². The highest BCUT2D eigenvalue weighted by Crippen LogP contribution is 2.40. The fraction of sp³-hybridized carbons (Fsp3) is 0.389. The zero-order valence-corrected chi connectivity index (χ0v) is 15.4. The highest BCUT2D eigenvalue weighted by Gasteiger charge is 2.31. The fourth-order valence-electron chi connectivity index (χ4n) is 2.99. The minimum absolute atomic E-state index is 0.210. The molecule has 8 heteroatoms. The molecule has 1 aliphatic carbocycles. The molecule has 1 aliphatic heterocycles. The number of hydrogen-bond acceptors (Lipinski definition) is 5. The molecule has 0 saturated heterocycles. The van der Waals surface area contributed by atoms with Gasteiger partial charge in [0.25, 0.3) is 17.8 Å². The number of amides is 2. The predicted octanol–water partition coefficient (Wildman–Crippen LogP) is 3.31. The Kier molecular flexibility index (Phi) is 4.28. The largest absolute Gasteiger partial charge is 0.306 e. The lowest BCUT2D eigenvalue weighted by Crippen LogP contribution is -2.30. The third-order valence-electron chi connectivity index (χ3n) is 4.60. The normalized spacial score (nSPS) is 19.9. The van der Waals surface area contributed by atoms with Crippen molar-refractivity contribution in [2.24, 2.45) is 15.9 Å². The average Bonchev–Trinajstić information content (AvgIpc) is 3.15. The number of thiophene rings is 1. The summed E-state index contributed by atoms with van der Waals surface area (Å²) in [6.07, 6.45) is 2.83. The van der Waals surface area contributed by atoms with Gasteiger partial charge in [0.15, 0.2) is 0 Å². The molecule has 0 spiro atoms. The molecule has 0 aromatic carbocycles. The maximum atomic E-state index is 12.4. The molecular weight excluding hydrogens is 350 g/mol. The summed E-state index contributed by atoms with van der Waals surface area (Å²) in [5.41, 5.74) is 1.62. The number of nitrogens with one attached hydrogen (secondary N) is 1. The van der Waals surface area contributed by atoms with Gasteiger partial charge in [-0.2, -0.15) is 14.8 Å². The number of aliphatic imine (C=N–C) groups is 2. The van der Waals surface area contributed by atoms with Crippen LogP contribution in [0.5, 0.6) is 0 Å². The van der Waals surface area contributed by atoms with E-state index in [4.69, 9.17) is 0 Å². The number of anilines is 1. The summed E-state index contributed by atoms with van der Waals surface area (Å²) in [7, 11) is 0. The number of nitrogens with zero attached hydrogens (tertiary/aromatic N) is 4. The van der Waals surface area contributed by atoms with Gasteiger partial charge in [-0.1, -0.05) is 13.0 Å². The second-order valence-corrected chi connectivity index (χ2v) is 7.48. The Balaban J connectivity index is 1.69. The highest BCUT2D eigenvalue weighted by atomic mass is 32.1. The zero-order valence-electron chi connectivity index (χ0n) is 14.6. The van der Waals surface area contributed by atoms with Gasteiger partial charge in [0.2, 0.25) is 0 Å². The molecule has 1 N–H and O–H groups in total. The van der Waals surface area contributed by atoms with Gasteiger partial charge >= 0.3 is 0 Å². The lowest BCUT2D eigenvalue weighted by Gasteiger charge is -2.17. The second-order valence-electron chi connectivity index (χ2n) is 6.54. The number of carbonyl (C=O) groups is 2. The van der Waals surface area contributed by atoms with Crippen molar-refractivity contribution in [3.05, 3.63) is 34.2 Å². The van der Waals surface area contributed by atoms with Crippen LogP contribution < -0.4 is 5.32 Å². The van der Waals surface area contributed by atoms with E-state index in [0.717, 1.165) is 24.2 Å². The quantitative estimate of drug-likeness (QED) is 0.897. The monoisotopic (exact) mass is 369 g/mol. The predicted molar refractivity (Wildman–Crippen MR) is 101 cm³/mol. The van der Waals surface area contributed by atoms with Crippen molar-refractivity contribution in [3.8, 4) is 0 Å². The summed E-state index contributed by atoms with van der Waals surface area (Å²) < 4.78 is 1.48. The first-order chi connectivity index (χ1) is 12.6. The highest BCUT2D eigenvalue weighted by molar-refractivity contribution is 7.12. The topological polar surface area (TPSA) is 88.7 Å². The first kappa shape index (κ1) is 16.8. The van der Waals surface area contributed by atoms with Crippen molar-refractivity contribution >= 4 is 40.6 Å². The molecule has 7 nitrogen and oxygen atoms in total. The van der Waals surface area contributed by atoms with E-state index in [2.05, 4.69) is 20.4 Å². The van der Waals surface area contributed by atoms with Crippen LogP contribution in [0.1, 0.15) is 54.4 Å². The molecule has 1 atom stereocenters. The van der Waals surface area contributed by atoms with Gasteiger partial charge in [0.1, 0.15) is 5.82 Å². The van der Waals surface area contributed by atoms with E-state index in [0.29, 0.717) is 23.0 Å². The van der Waals surface area contributed by atoms with Crippen molar-refractivity contribution < 1.29 is 9.59 Å².